The largest absolute Gasteiger partial charge is 0.368 e. The summed E-state index contributed by atoms with van der Waals surface area (Å²) >= 11 is 0. The van der Waals surface area contributed by atoms with E-state index in [4.69, 9.17) is 0 Å². The van der Waals surface area contributed by atoms with Crippen molar-refractivity contribution in [1.82, 2.24) is 15.2 Å². The Morgan fingerprint density at radius 2 is 1.85 bits per heavy atom. The zero-order valence-corrected chi connectivity index (χ0v) is 15.5. The van der Waals surface area contributed by atoms with Crippen LogP contribution >= 0.6 is 0 Å². The van der Waals surface area contributed by atoms with Crippen molar-refractivity contribution in [2.75, 3.05) is 31.1 Å². The number of hydrogen-bond acceptors (Lipinski definition) is 4. The zero-order valence-electron chi connectivity index (χ0n) is 15.5. The molecule has 4 rings (SSSR count). The molecule has 1 saturated carbocycles. The van der Waals surface area contributed by atoms with E-state index in [1.807, 2.05) is 4.90 Å². The number of nitrogens with zero attached hydrogens (tertiary/aromatic N) is 3. The Balaban J connectivity index is 1.39. The first-order valence-electron chi connectivity index (χ1n) is 9.48. The topological polar surface area (TPSA) is 65.5 Å². The molecule has 27 heavy (non-hydrogen) atoms. The van der Waals surface area contributed by atoms with Gasteiger partial charge < -0.3 is 15.1 Å². The van der Waals surface area contributed by atoms with Crippen LogP contribution in [0.25, 0.3) is 0 Å². The lowest BCUT2D eigenvalue weighted by molar-refractivity contribution is 0.0741. The fourth-order valence-electron chi connectivity index (χ4n) is 3.34. The fraction of sp³-hybridized carbons (Fsp3) is 0.381. The molecule has 2 aromatic rings. The molecule has 1 aromatic heterocycles. The van der Waals surface area contributed by atoms with Crippen molar-refractivity contribution in [2.45, 2.75) is 25.8 Å². The minimum absolute atomic E-state index is 0.111. The van der Waals surface area contributed by atoms with E-state index < -0.39 is 0 Å². The Kier molecular flexibility index (Phi) is 4.79. The van der Waals surface area contributed by atoms with Gasteiger partial charge >= 0.3 is 0 Å². The number of hydrogen-bond donors (Lipinski definition) is 1. The summed E-state index contributed by atoms with van der Waals surface area (Å²) in [5.74, 6) is -0.238. The van der Waals surface area contributed by atoms with Gasteiger partial charge in [-0.1, -0.05) is 12.1 Å². The molecule has 0 atom stereocenters. The standard InChI is InChI=1S/C21H24N4O2/c1-15-3-2-4-18(13-15)24-9-11-25(12-10-24)21(27)19-14-16(7-8-22-19)20(26)23-17-5-6-17/h2-4,7-8,13-14,17H,5-6,9-12H2,1H3,(H,23,26). The second kappa shape index (κ2) is 7.39. The van der Waals surface area contributed by atoms with Crippen molar-refractivity contribution < 1.29 is 9.59 Å². The van der Waals surface area contributed by atoms with Gasteiger partial charge in [0, 0.05) is 49.7 Å². The highest BCUT2D eigenvalue weighted by atomic mass is 16.2. The summed E-state index contributed by atoms with van der Waals surface area (Å²) in [4.78, 5) is 33.3. The Labute approximate surface area is 159 Å². The second-order valence-electron chi connectivity index (χ2n) is 7.30. The second-order valence-corrected chi connectivity index (χ2v) is 7.30. The number of rotatable bonds is 4. The molecule has 0 spiro atoms. The molecule has 140 valence electrons. The van der Waals surface area contributed by atoms with Crippen LogP contribution in [-0.4, -0.2) is 53.9 Å². The SMILES string of the molecule is Cc1cccc(N2CCN(C(=O)c3cc(C(=O)NC4CC4)ccn3)CC2)c1. The third-order valence-electron chi connectivity index (χ3n) is 5.09. The van der Waals surface area contributed by atoms with Crippen molar-refractivity contribution in [3.8, 4) is 0 Å². The molecule has 6 heteroatoms. The predicted molar refractivity (Wildman–Crippen MR) is 104 cm³/mol. The lowest BCUT2D eigenvalue weighted by Crippen LogP contribution is -2.49. The lowest BCUT2D eigenvalue weighted by atomic mass is 10.1. The van der Waals surface area contributed by atoms with Crippen molar-refractivity contribution in [3.63, 3.8) is 0 Å². The lowest BCUT2D eigenvalue weighted by Gasteiger charge is -2.36. The summed E-state index contributed by atoms with van der Waals surface area (Å²) in [5.41, 5.74) is 3.26. The number of carbonyl (C=O) groups excluding carboxylic acids is 2. The van der Waals surface area contributed by atoms with Gasteiger partial charge in [0.1, 0.15) is 5.69 Å². The summed E-state index contributed by atoms with van der Waals surface area (Å²) < 4.78 is 0. The number of anilines is 1. The molecule has 0 unspecified atom stereocenters. The van der Waals surface area contributed by atoms with Crippen molar-refractivity contribution >= 4 is 17.5 Å². The Morgan fingerprint density at radius 3 is 2.56 bits per heavy atom. The minimum atomic E-state index is -0.127. The number of piperazine rings is 1. The predicted octanol–water partition coefficient (Wildman–Crippen LogP) is 2.24. The van der Waals surface area contributed by atoms with Crippen LogP contribution in [0.2, 0.25) is 0 Å². The molecule has 2 aliphatic rings. The molecule has 2 fully saturated rings. The maximum absolute atomic E-state index is 12.8. The Morgan fingerprint density at radius 1 is 1.07 bits per heavy atom. The third-order valence-corrected chi connectivity index (χ3v) is 5.09. The highest BCUT2D eigenvalue weighted by molar-refractivity contribution is 5.98. The van der Waals surface area contributed by atoms with E-state index in [-0.39, 0.29) is 11.8 Å². The molecule has 2 heterocycles. The maximum Gasteiger partial charge on any atom is 0.272 e. The molecule has 0 bridgehead atoms. The van der Waals surface area contributed by atoms with Gasteiger partial charge in [-0.15, -0.1) is 0 Å². The number of carbonyl (C=O) groups is 2. The summed E-state index contributed by atoms with van der Waals surface area (Å²) in [5, 5.41) is 2.95. The fourth-order valence-corrected chi connectivity index (χ4v) is 3.34. The van der Waals surface area contributed by atoms with E-state index in [2.05, 4.69) is 46.4 Å². The molecule has 2 amide bonds. The normalized spacial score (nSPS) is 16.9. The van der Waals surface area contributed by atoms with Gasteiger partial charge in [-0.05, 0) is 49.6 Å². The maximum atomic E-state index is 12.8. The molecule has 0 radical (unpaired) electrons. The summed E-state index contributed by atoms with van der Waals surface area (Å²) in [6, 6.07) is 12.0. The van der Waals surface area contributed by atoms with E-state index in [1.165, 1.54) is 17.4 Å². The molecule has 1 saturated heterocycles. The number of benzene rings is 1. The molecular weight excluding hydrogens is 340 g/mol. The first kappa shape index (κ1) is 17.5. The number of nitrogens with one attached hydrogen (secondary N) is 1. The summed E-state index contributed by atoms with van der Waals surface area (Å²) in [7, 11) is 0. The number of aryl methyl sites for hydroxylation is 1. The van der Waals surface area contributed by atoms with Crippen molar-refractivity contribution in [1.29, 1.82) is 0 Å². The van der Waals surface area contributed by atoms with Crippen LogP contribution in [0.4, 0.5) is 5.69 Å². The zero-order chi connectivity index (χ0) is 18.8. The summed E-state index contributed by atoms with van der Waals surface area (Å²) in [6.45, 7) is 4.95. The van der Waals surface area contributed by atoms with E-state index in [9.17, 15) is 9.59 Å². The van der Waals surface area contributed by atoms with E-state index >= 15 is 0 Å². The number of aromatic nitrogens is 1. The monoisotopic (exact) mass is 364 g/mol. The van der Waals surface area contributed by atoms with Gasteiger partial charge in [-0.3, -0.25) is 14.6 Å². The first-order chi connectivity index (χ1) is 13.1. The van der Waals surface area contributed by atoms with Gasteiger partial charge in [-0.25, -0.2) is 0 Å². The van der Waals surface area contributed by atoms with E-state index in [0.717, 1.165) is 25.9 Å². The van der Waals surface area contributed by atoms with Crippen molar-refractivity contribution in [3.05, 3.63) is 59.4 Å². The number of pyridine rings is 1. The first-order valence-corrected chi connectivity index (χ1v) is 9.48. The highest BCUT2D eigenvalue weighted by Crippen LogP contribution is 2.20. The molecule has 1 N–H and O–H groups in total. The van der Waals surface area contributed by atoms with Gasteiger partial charge in [0.15, 0.2) is 0 Å². The van der Waals surface area contributed by atoms with E-state index in [0.29, 0.717) is 30.4 Å². The van der Waals surface area contributed by atoms with Crippen LogP contribution in [0.15, 0.2) is 42.6 Å². The van der Waals surface area contributed by atoms with E-state index in [1.54, 1.807) is 12.1 Å². The van der Waals surface area contributed by atoms with Crippen LogP contribution in [0, 0.1) is 6.92 Å². The molecule has 1 aliphatic heterocycles. The van der Waals surface area contributed by atoms with Gasteiger partial charge in [0.25, 0.3) is 11.8 Å². The summed E-state index contributed by atoms with van der Waals surface area (Å²) in [6.07, 6.45) is 3.61. The molecule has 6 nitrogen and oxygen atoms in total. The minimum Gasteiger partial charge on any atom is -0.368 e. The molecule has 1 aliphatic carbocycles. The average molecular weight is 364 g/mol. The Bertz CT molecular complexity index is 855. The highest BCUT2D eigenvalue weighted by Gasteiger charge is 2.26. The van der Waals surface area contributed by atoms with Gasteiger partial charge in [-0.2, -0.15) is 0 Å². The van der Waals surface area contributed by atoms with Crippen LogP contribution in [0.5, 0.6) is 0 Å². The molecule has 1 aromatic carbocycles. The third kappa shape index (κ3) is 4.10. The van der Waals surface area contributed by atoms with Crippen LogP contribution in [0.3, 0.4) is 0 Å². The average Bonchev–Trinajstić information content (AvgIpc) is 3.51. The molecular formula is C21H24N4O2. The smallest absolute Gasteiger partial charge is 0.272 e. The quantitative estimate of drug-likeness (QED) is 0.904. The van der Waals surface area contributed by atoms with Gasteiger partial charge in [0.2, 0.25) is 0 Å². The van der Waals surface area contributed by atoms with Crippen LogP contribution < -0.4 is 10.2 Å². The van der Waals surface area contributed by atoms with Gasteiger partial charge in [0.05, 0.1) is 0 Å². The van der Waals surface area contributed by atoms with Crippen LogP contribution in [-0.2, 0) is 0 Å². The van der Waals surface area contributed by atoms with Crippen molar-refractivity contribution in [2.24, 2.45) is 0 Å². The number of amides is 2. The van der Waals surface area contributed by atoms with Crippen LogP contribution in [0.1, 0.15) is 39.3 Å². The Hall–Kier alpha value is -2.89.